The molecule has 25 heavy (non-hydrogen) atoms. The molecule has 10 heteroatoms. The van der Waals surface area contributed by atoms with E-state index in [0.29, 0.717) is 23.0 Å². The van der Waals surface area contributed by atoms with E-state index in [1.807, 2.05) is 0 Å². The third kappa shape index (κ3) is 6.28. The molecule has 0 aliphatic carbocycles. The summed E-state index contributed by atoms with van der Waals surface area (Å²) in [6.07, 6.45) is 1.37. The van der Waals surface area contributed by atoms with Gasteiger partial charge in [0.1, 0.15) is 5.75 Å². The molecule has 2 rings (SSSR count). The summed E-state index contributed by atoms with van der Waals surface area (Å²) in [7, 11) is 0. The minimum Gasteiger partial charge on any atom is -0.466 e. The minimum absolute atomic E-state index is 0.0687. The van der Waals surface area contributed by atoms with Crippen LogP contribution in [0.2, 0.25) is 5.02 Å². The fraction of sp³-hybridized carbons (Fsp3) is 0.267. The van der Waals surface area contributed by atoms with Crippen LogP contribution in [0.4, 0.5) is 13.9 Å². The standard InChI is InChI=1S/C15H14ClF2N3O3S/c1-2-23-13(22)6-11-8-25-15(20-11)21-19-7-9-3-4-10(16)5-12(9)24-14(17)18/h3-5,7-8,14H,2,6H2,1H3,(H,20,21). The molecule has 134 valence electrons. The SMILES string of the molecule is CCOC(=O)Cc1csc(NN=Cc2ccc(Cl)cc2OC(F)F)n1. The van der Waals surface area contributed by atoms with Gasteiger partial charge < -0.3 is 9.47 Å². The molecule has 0 aliphatic heterocycles. The number of ether oxygens (including phenoxy) is 2. The summed E-state index contributed by atoms with van der Waals surface area (Å²) < 4.78 is 34.1. The monoisotopic (exact) mass is 389 g/mol. The van der Waals surface area contributed by atoms with Crippen molar-refractivity contribution in [2.45, 2.75) is 20.0 Å². The number of hydrogen-bond donors (Lipinski definition) is 1. The Morgan fingerprint density at radius 3 is 3.04 bits per heavy atom. The van der Waals surface area contributed by atoms with E-state index in [1.54, 1.807) is 12.3 Å². The summed E-state index contributed by atoms with van der Waals surface area (Å²) in [5.41, 5.74) is 3.53. The Morgan fingerprint density at radius 2 is 2.32 bits per heavy atom. The Labute approximate surface area is 151 Å². The number of hydrogen-bond acceptors (Lipinski definition) is 7. The number of nitrogens with one attached hydrogen (secondary N) is 1. The number of nitrogens with zero attached hydrogens (tertiary/aromatic N) is 2. The zero-order valence-electron chi connectivity index (χ0n) is 13.0. The Balaban J connectivity index is 1.99. The minimum atomic E-state index is -2.97. The summed E-state index contributed by atoms with van der Waals surface area (Å²) in [4.78, 5) is 15.5. The number of halogens is 3. The van der Waals surface area contributed by atoms with Crippen molar-refractivity contribution in [1.29, 1.82) is 0 Å². The quantitative estimate of drug-likeness (QED) is 0.420. The Hall–Kier alpha value is -2.26. The van der Waals surface area contributed by atoms with Gasteiger partial charge in [-0.25, -0.2) is 4.98 Å². The van der Waals surface area contributed by atoms with Crippen molar-refractivity contribution in [2.24, 2.45) is 5.10 Å². The number of carbonyl (C=O) groups is 1. The van der Waals surface area contributed by atoms with Gasteiger partial charge in [-0.1, -0.05) is 11.6 Å². The second kappa shape index (κ2) is 9.28. The van der Waals surface area contributed by atoms with Gasteiger partial charge in [-0.2, -0.15) is 13.9 Å². The summed E-state index contributed by atoms with van der Waals surface area (Å²) >= 11 is 7.01. The van der Waals surface area contributed by atoms with Gasteiger partial charge in [0.05, 0.1) is 24.9 Å². The van der Waals surface area contributed by atoms with Crippen LogP contribution >= 0.6 is 22.9 Å². The number of aromatic nitrogens is 1. The highest BCUT2D eigenvalue weighted by molar-refractivity contribution is 7.13. The predicted molar refractivity (Wildman–Crippen MR) is 91.8 cm³/mol. The number of anilines is 1. The fourth-order valence-electron chi connectivity index (χ4n) is 1.77. The fourth-order valence-corrected chi connectivity index (χ4v) is 2.59. The van der Waals surface area contributed by atoms with Gasteiger partial charge in [0.15, 0.2) is 0 Å². The molecule has 0 amide bonds. The third-order valence-corrected chi connectivity index (χ3v) is 3.77. The Morgan fingerprint density at radius 1 is 1.52 bits per heavy atom. The van der Waals surface area contributed by atoms with Gasteiger partial charge in [0, 0.05) is 16.0 Å². The molecule has 0 spiro atoms. The predicted octanol–water partition coefficient (Wildman–Crippen LogP) is 3.95. The maximum atomic E-state index is 12.4. The first-order valence-corrected chi connectivity index (χ1v) is 8.37. The number of esters is 1. The molecule has 1 N–H and O–H groups in total. The zero-order chi connectivity index (χ0) is 18.2. The van der Waals surface area contributed by atoms with Crippen LogP contribution in [0.5, 0.6) is 5.75 Å². The van der Waals surface area contributed by atoms with E-state index in [1.165, 1.54) is 35.8 Å². The lowest BCUT2D eigenvalue weighted by Gasteiger charge is -2.07. The van der Waals surface area contributed by atoms with E-state index in [-0.39, 0.29) is 23.2 Å². The molecule has 1 aromatic carbocycles. The normalized spacial score (nSPS) is 11.1. The van der Waals surface area contributed by atoms with Gasteiger partial charge in [-0.05, 0) is 25.1 Å². The van der Waals surface area contributed by atoms with Gasteiger partial charge in [-0.3, -0.25) is 10.2 Å². The molecule has 0 saturated carbocycles. The molecule has 0 radical (unpaired) electrons. The van der Waals surface area contributed by atoms with Gasteiger partial charge in [-0.15, -0.1) is 11.3 Å². The molecular weight excluding hydrogens is 376 g/mol. The Kier molecular flexibility index (Phi) is 7.08. The summed E-state index contributed by atoms with van der Waals surface area (Å²) in [5, 5.41) is 6.34. The van der Waals surface area contributed by atoms with Crippen molar-refractivity contribution < 1.29 is 23.0 Å². The molecular formula is C15H14ClF2N3O3S. The van der Waals surface area contributed by atoms with Crippen molar-refractivity contribution >= 4 is 40.3 Å². The average molecular weight is 390 g/mol. The molecule has 0 aliphatic rings. The molecule has 1 heterocycles. The van der Waals surface area contributed by atoms with Crippen LogP contribution < -0.4 is 10.2 Å². The second-order valence-corrected chi connectivity index (χ2v) is 5.85. The molecule has 0 saturated heterocycles. The third-order valence-electron chi connectivity index (χ3n) is 2.74. The Bertz CT molecular complexity index is 755. The zero-order valence-corrected chi connectivity index (χ0v) is 14.6. The van der Waals surface area contributed by atoms with Crippen LogP contribution in [0.25, 0.3) is 0 Å². The summed E-state index contributed by atoms with van der Waals surface area (Å²) in [6.45, 7) is -0.936. The lowest BCUT2D eigenvalue weighted by Crippen LogP contribution is -2.07. The second-order valence-electron chi connectivity index (χ2n) is 4.56. The number of thiazole rings is 1. The summed E-state index contributed by atoms with van der Waals surface area (Å²) in [5.74, 6) is -0.451. The number of benzene rings is 1. The smallest absolute Gasteiger partial charge is 0.387 e. The van der Waals surface area contributed by atoms with Crippen molar-refractivity contribution in [3.8, 4) is 5.75 Å². The van der Waals surface area contributed by atoms with E-state index in [2.05, 4.69) is 20.2 Å². The van der Waals surface area contributed by atoms with E-state index in [4.69, 9.17) is 16.3 Å². The van der Waals surface area contributed by atoms with Crippen molar-refractivity contribution in [3.63, 3.8) is 0 Å². The van der Waals surface area contributed by atoms with Gasteiger partial charge in [0.2, 0.25) is 5.13 Å². The van der Waals surface area contributed by atoms with Gasteiger partial charge >= 0.3 is 12.6 Å². The van der Waals surface area contributed by atoms with Crippen molar-refractivity contribution in [1.82, 2.24) is 4.98 Å². The van der Waals surface area contributed by atoms with E-state index in [0.717, 1.165) is 0 Å². The van der Waals surface area contributed by atoms with E-state index >= 15 is 0 Å². The molecule has 0 fully saturated rings. The highest BCUT2D eigenvalue weighted by atomic mass is 35.5. The van der Waals surface area contributed by atoms with E-state index in [9.17, 15) is 13.6 Å². The number of carbonyl (C=O) groups excluding carboxylic acids is 1. The van der Waals surface area contributed by atoms with Crippen LogP contribution in [-0.4, -0.2) is 30.4 Å². The van der Waals surface area contributed by atoms with Crippen LogP contribution in [0.1, 0.15) is 18.2 Å². The average Bonchev–Trinajstić information content (AvgIpc) is 2.96. The molecule has 6 nitrogen and oxygen atoms in total. The first-order chi connectivity index (χ1) is 12.0. The van der Waals surface area contributed by atoms with Crippen LogP contribution in [-0.2, 0) is 16.0 Å². The van der Waals surface area contributed by atoms with E-state index < -0.39 is 6.61 Å². The highest BCUT2D eigenvalue weighted by Gasteiger charge is 2.10. The molecule has 0 bridgehead atoms. The largest absolute Gasteiger partial charge is 0.466 e. The highest BCUT2D eigenvalue weighted by Crippen LogP contribution is 2.24. The topological polar surface area (TPSA) is 72.8 Å². The molecule has 2 aromatic rings. The maximum absolute atomic E-state index is 12.4. The molecule has 0 unspecified atom stereocenters. The lowest BCUT2D eigenvalue weighted by atomic mass is 10.2. The molecule has 1 aromatic heterocycles. The number of hydrazone groups is 1. The number of rotatable bonds is 8. The first kappa shape index (κ1) is 19.1. The van der Waals surface area contributed by atoms with Crippen molar-refractivity contribution in [2.75, 3.05) is 12.0 Å². The van der Waals surface area contributed by atoms with Crippen LogP contribution in [0.3, 0.4) is 0 Å². The van der Waals surface area contributed by atoms with Crippen LogP contribution in [0.15, 0.2) is 28.7 Å². The van der Waals surface area contributed by atoms with Gasteiger partial charge in [0.25, 0.3) is 0 Å². The molecule has 0 atom stereocenters. The maximum Gasteiger partial charge on any atom is 0.387 e. The number of alkyl halides is 2. The lowest BCUT2D eigenvalue weighted by molar-refractivity contribution is -0.142. The van der Waals surface area contributed by atoms with Crippen LogP contribution in [0, 0.1) is 0 Å². The first-order valence-electron chi connectivity index (χ1n) is 7.11. The summed E-state index contributed by atoms with van der Waals surface area (Å²) in [6, 6.07) is 4.30. The van der Waals surface area contributed by atoms with Crippen molar-refractivity contribution in [3.05, 3.63) is 39.9 Å².